The van der Waals surface area contributed by atoms with Crippen LogP contribution in [0.4, 0.5) is 5.13 Å². The van der Waals surface area contributed by atoms with Gasteiger partial charge >= 0.3 is 0 Å². The molecular formula is C23H25ClN4O5S. The quantitative estimate of drug-likeness (QED) is 0.435. The van der Waals surface area contributed by atoms with Crippen LogP contribution < -0.4 is 14.4 Å². The van der Waals surface area contributed by atoms with Gasteiger partial charge in [0.25, 0.3) is 11.8 Å². The molecular weight excluding hydrogens is 480 g/mol. The molecule has 0 atom stereocenters. The second-order valence-electron chi connectivity index (χ2n) is 7.76. The Kier molecular flexibility index (Phi) is 7.75. The first kappa shape index (κ1) is 25.4. The third-order valence-electron chi connectivity index (χ3n) is 5.36. The molecule has 11 heteroatoms. The number of aromatic nitrogens is 1. The highest BCUT2D eigenvalue weighted by Crippen LogP contribution is 2.37. The molecule has 0 saturated carbocycles. The highest BCUT2D eigenvalue weighted by atomic mass is 35.5. The van der Waals surface area contributed by atoms with E-state index in [2.05, 4.69) is 4.98 Å². The van der Waals surface area contributed by atoms with Crippen LogP contribution in [0.3, 0.4) is 0 Å². The van der Waals surface area contributed by atoms with Gasteiger partial charge in [0.2, 0.25) is 5.91 Å². The monoisotopic (exact) mass is 504 g/mol. The molecule has 0 radical (unpaired) electrons. The van der Waals surface area contributed by atoms with E-state index >= 15 is 0 Å². The van der Waals surface area contributed by atoms with Crippen LogP contribution in [-0.2, 0) is 4.79 Å². The van der Waals surface area contributed by atoms with E-state index in [9.17, 15) is 14.4 Å². The number of rotatable bonds is 8. The highest BCUT2D eigenvalue weighted by Gasteiger charge is 2.37. The fraction of sp³-hybridized carbons (Fsp3) is 0.304. The van der Waals surface area contributed by atoms with Gasteiger partial charge in [-0.05, 0) is 26.2 Å². The molecule has 34 heavy (non-hydrogen) atoms. The van der Waals surface area contributed by atoms with Crippen LogP contribution in [0.25, 0.3) is 10.2 Å². The molecule has 3 amide bonds. The van der Waals surface area contributed by atoms with Gasteiger partial charge in [-0.25, -0.2) is 4.98 Å². The van der Waals surface area contributed by atoms with E-state index in [1.165, 1.54) is 16.2 Å². The second-order valence-corrected chi connectivity index (χ2v) is 8.77. The van der Waals surface area contributed by atoms with Gasteiger partial charge in [-0.1, -0.05) is 23.5 Å². The molecule has 0 fully saturated rings. The van der Waals surface area contributed by atoms with Gasteiger partial charge in [-0.2, -0.15) is 0 Å². The molecule has 1 aliphatic heterocycles. The zero-order valence-corrected chi connectivity index (χ0v) is 20.9. The van der Waals surface area contributed by atoms with Crippen LogP contribution in [0.2, 0.25) is 0 Å². The summed E-state index contributed by atoms with van der Waals surface area (Å²) in [6, 6.07) is 10.2. The van der Waals surface area contributed by atoms with Crippen molar-refractivity contribution in [2.75, 3.05) is 52.8 Å². The molecule has 9 nitrogen and oxygen atoms in total. The van der Waals surface area contributed by atoms with Crippen LogP contribution in [0.1, 0.15) is 20.7 Å². The molecule has 0 N–H and O–H groups in total. The van der Waals surface area contributed by atoms with Gasteiger partial charge in [0.05, 0.1) is 35.6 Å². The number of anilines is 1. The third-order valence-corrected chi connectivity index (χ3v) is 6.40. The van der Waals surface area contributed by atoms with Gasteiger partial charge < -0.3 is 14.4 Å². The van der Waals surface area contributed by atoms with E-state index in [1.807, 2.05) is 25.1 Å². The van der Waals surface area contributed by atoms with Gasteiger partial charge in [-0.3, -0.25) is 24.2 Å². The fourth-order valence-electron chi connectivity index (χ4n) is 3.59. The summed E-state index contributed by atoms with van der Waals surface area (Å²) in [5, 5.41) is 0.476. The van der Waals surface area contributed by atoms with Gasteiger partial charge in [0.1, 0.15) is 6.54 Å². The Labute approximate surface area is 207 Å². The van der Waals surface area contributed by atoms with Crippen LogP contribution in [0.5, 0.6) is 11.5 Å². The zero-order chi connectivity index (χ0) is 23.7. The van der Waals surface area contributed by atoms with Crippen molar-refractivity contribution in [3.63, 3.8) is 0 Å². The molecule has 0 saturated heterocycles. The summed E-state index contributed by atoms with van der Waals surface area (Å²) in [5.41, 5.74) is 1.29. The van der Waals surface area contributed by atoms with Gasteiger partial charge in [-0.15, -0.1) is 12.4 Å². The largest absolute Gasteiger partial charge is 0.493 e. The number of methoxy groups -OCH3 is 2. The van der Waals surface area contributed by atoms with E-state index in [1.54, 1.807) is 44.6 Å². The van der Waals surface area contributed by atoms with Crippen LogP contribution in [0, 0.1) is 0 Å². The topological polar surface area (TPSA) is 92.3 Å². The van der Waals surface area contributed by atoms with Crippen molar-refractivity contribution >= 4 is 56.8 Å². The Bertz CT molecular complexity index is 1170. The summed E-state index contributed by atoms with van der Waals surface area (Å²) in [7, 11) is 6.91. The number of hydrogen-bond donors (Lipinski definition) is 0. The number of amides is 3. The van der Waals surface area contributed by atoms with Crippen molar-refractivity contribution in [1.29, 1.82) is 0 Å². The Hall–Kier alpha value is -3.21. The number of carbonyl (C=O) groups is 3. The van der Waals surface area contributed by atoms with Gasteiger partial charge in [0.15, 0.2) is 16.6 Å². The minimum Gasteiger partial charge on any atom is -0.493 e. The van der Waals surface area contributed by atoms with Crippen LogP contribution in [0.15, 0.2) is 36.4 Å². The minimum absolute atomic E-state index is 0. The maximum absolute atomic E-state index is 13.4. The maximum Gasteiger partial charge on any atom is 0.262 e. The number of nitrogens with zero attached hydrogens (tertiary/aromatic N) is 4. The van der Waals surface area contributed by atoms with E-state index in [0.717, 1.165) is 9.60 Å². The summed E-state index contributed by atoms with van der Waals surface area (Å²) >= 11 is 1.33. The Morgan fingerprint density at radius 1 is 1.00 bits per heavy atom. The zero-order valence-electron chi connectivity index (χ0n) is 19.2. The first-order valence-corrected chi connectivity index (χ1v) is 11.1. The lowest BCUT2D eigenvalue weighted by atomic mass is 10.1. The van der Waals surface area contributed by atoms with Crippen molar-refractivity contribution in [2.45, 2.75) is 0 Å². The maximum atomic E-state index is 13.4. The average molecular weight is 505 g/mol. The number of fused-ring (bicyclic) bond motifs is 2. The Morgan fingerprint density at radius 2 is 1.59 bits per heavy atom. The van der Waals surface area contributed by atoms with Crippen molar-refractivity contribution < 1.29 is 23.9 Å². The van der Waals surface area contributed by atoms with E-state index in [4.69, 9.17) is 9.47 Å². The minimum atomic E-state index is -0.463. The molecule has 4 rings (SSSR count). The predicted molar refractivity (Wildman–Crippen MR) is 133 cm³/mol. The fourth-order valence-corrected chi connectivity index (χ4v) is 4.61. The number of halogens is 1. The first-order valence-electron chi connectivity index (χ1n) is 10.3. The number of thiazole rings is 1. The lowest BCUT2D eigenvalue weighted by Gasteiger charge is -2.24. The molecule has 0 bridgehead atoms. The average Bonchev–Trinajstić information content (AvgIpc) is 3.32. The molecule has 0 spiro atoms. The summed E-state index contributed by atoms with van der Waals surface area (Å²) in [4.78, 5) is 47.9. The summed E-state index contributed by atoms with van der Waals surface area (Å²) in [6.45, 7) is 0.571. The molecule has 2 heterocycles. The SMILES string of the molecule is COc1cc2nc(N(CCN(C)C)C(=O)CN3C(=O)c4ccccc4C3=O)sc2cc1OC.Cl. The van der Waals surface area contributed by atoms with Gasteiger partial charge in [0, 0.05) is 25.2 Å². The number of carbonyl (C=O) groups excluding carboxylic acids is 3. The molecule has 1 aliphatic rings. The molecule has 0 unspecified atom stereocenters. The summed E-state index contributed by atoms with van der Waals surface area (Å²) in [6.07, 6.45) is 0. The number of likely N-dealkylation sites (N-methyl/N-ethyl adjacent to an activating group) is 1. The molecule has 3 aromatic rings. The normalized spacial score (nSPS) is 12.7. The number of imide groups is 1. The summed E-state index contributed by atoms with van der Waals surface area (Å²) < 4.78 is 11.5. The van der Waals surface area contributed by atoms with Crippen molar-refractivity contribution in [3.05, 3.63) is 47.5 Å². The lowest BCUT2D eigenvalue weighted by molar-refractivity contribution is -0.119. The Balaban J connectivity index is 0.00000324. The number of benzene rings is 2. The second kappa shape index (κ2) is 10.4. The third kappa shape index (κ3) is 4.70. The van der Waals surface area contributed by atoms with E-state index in [-0.39, 0.29) is 24.9 Å². The van der Waals surface area contributed by atoms with Crippen molar-refractivity contribution in [3.8, 4) is 11.5 Å². The molecule has 2 aromatic carbocycles. The number of ether oxygens (including phenoxy) is 2. The van der Waals surface area contributed by atoms with E-state index < -0.39 is 11.8 Å². The van der Waals surface area contributed by atoms with Crippen molar-refractivity contribution in [2.24, 2.45) is 0 Å². The molecule has 0 aliphatic carbocycles. The summed E-state index contributed by atoms with van der Waals surface area (Å²) in [5.74, 6) is -0.202. The first-order chi connectivity index (χ1) is 15.8. The van der Waals surface area contributed by atoms with Crippen molar-refractivity contribution in [1.82, 2.24) is 14.8 Å². The highest BCUT2D eigenvalue weighted by molar-refractivity contribution is 7.22. The standard InChI is InChI=1S/C23H24N4O5S.ClH/c1-25(2)9-10-26(23-24-16-11-17(31-3)18(32-4)12-19(16)33-23)20(28)13-27-21(29)14-7-5-6-8-15(14)22(27)30;/h5-8,11-12H,9-10,13H2,1-4H3;1H. The van der Waals surface area contributed by atoms with Crippen LogP contribution in [-0.4, -0.2) is 80.5 Å². The smallest absolute Gasteiger partial charge is 0.262 e. The van der Waals surface area contributed by atoms with Crippen LogP contribution >= 0.6 is 23.7 Å². The van der Waals surface area contributed by atoms with E-state index in [0.29, 0.717) is 46.4 Å². The molecule has 1 aromatic heterocycles. The Morgan fingerprint density at radius 3 is 2.15 bits per heavy atom. The number of hydrogen-bond acceptors (Lipinski definition) is 8. The molecule has 180 valence electrons. The predicted octanol–water partition coefficient (Wildman–Crippen LogP) is 2.93. The lowest BCUT2D eigenvalue weighted by Crippen LogP contribution is -2.45.